The molecule has 0 aliphatic carbocycles. The van der Waals surface area contributed by atoms with Crippen LogP contribution >= 0.6 is 11.3 Å². The van der Waals surface area contributed by atoms with Crippen LogP contribution in [0, 0.1) is 0 Å². The second kappa shape index (κ2) is 6.61. The average molecular weight is 334 g/mol. The molecule has 3 rings (SSSR count). The molecule has 0 bridgehead atoms. The molecule has 1 aromatic heterocycles. The molecule has 120 valence electrons. The lowest BCUT2D eigenvalue weighted by Crippen LogP contribution is -2.25. The summed E-state index contributed by atoms with van der Waals surface area (Å²) in [6.45, 7) is 1.79. The third-order valence-corrected chi connectivity index (χ3v) is 3.95. The van der Waals surface area contributed by atoms with Gasteiger partial charge in [0.05, 0.1) is 5.69 Å². The summed E-state index contributed by atoms with van der Waals surface area (Å²) in [5.74, 6) is 0.468. The van der Waals surface area contributed by atoms with E-state index in [1.54, 1.807) is 18.2 Å². The molecule has 1 aliphatic rings. The molecule has 2 aromatic rings. The van der Waals surface area contributed by atoms with Gasteiger partial charge in [-0.2, -0.15) is 0 Å². The molecule has 9 heteroatoms. The van der Waals surface area contributed by atoms with Gasteiger partial charge in [0.15, 0.2) is 13.2 Å². The molecular weight excluding hydrogens is 320 g/mol. The Morgan fingerprint density at radius 1 is 1.48 bits per heavy atom. The minimum Gasteiger partial charge on any atom is -0.484 e. The van der Waals surface area contributed by atoms with Crippen molar-refractivity contribution in [1.82, 2.24) is 10.2 Å². The number of amides is 2. The van der Waals surface area contributed by atoms with E-state index in [9.17, 15) is 9.59 Å². The van der Waals surface area contributed by atoms with E-state index < -0.39 is 0 Å². The number of rotatable bonds is 5. The molecule has 0 saturated heterocycles. The molecule has 0 radical (unpaired) electrons. The highest BCUT2D eigenvalue weighted by Gasteiger charge is 2.16. The van der Waals surface area contributed by atoms with E-state index in [0.29, 0.717) is 22.3 Å². The lowest BCUT2D eigenvalue weighted by Gasteiger charge is -2.18. The molecule has 23 heavy (non-hydrogen) atoms. The SMILES string of the molecule is CCc1nnc(NC(=O)COc2ccc3c(c2)NC(=O)CO3)s1. The zero-order chi connectivity index (χ0) is 16.2. The van der Waals surface area contributed by atoms with Crippen molar-refractivity contribution >= 4 is 34.0 Å². The smallest absolute Gasteiger partial charge is 0.264 e. The van der Waals surface area contributed by atoms with Crippen LogP contribution in [0.4, 0.5) is 10.8 Å². The molecule has 0 fully saturated rings. The molecule has 2 heterocycles. The number of nitrogens with zero attached hydrogens (tertiary/aromatic N) is 2. The fourth-order valence-electron chi connectivity index (χ4n) is 1.90. The Balaban J connectivity index is 1.56. The van der Waals surface area contributed by atoms with Gasteiger partial charge >= 0.3 is 0 Å². The maximum absolute atomic E-state index is 11.8. The van der Waals surface area contributed by atoms with Gasteiger partial charge in [-0.1, -0.05) is 18.3 Å². The van der Waals surface area contributed by atoms with Gasteiger partial charge in [0.25, 0.3) is 11.8 Å². The second-order valence-electron chi connectivity index (χ2n) is 4.69. The minimum atomic E-state index is -0.332. The molecule has 0 unspecified atom stereocenters. The van der Waals surface area contributed by atoms with Gasteiger partial charge < -0.3 is 14.8 Å². The Kier molecular flexibility index (Phi) is 4.38. The summed E-state index contributed by atoms with van der Waals surface area (Å²) in [5, 5.41) is 14.4. The monoisotopic (exact) mass is 334 g/mol. The first-order valence-electron chi connectivity index (χ1n) is 6.96. The third kappa shape index (κ3) is 3.75. The van der Waals surface area contributed by atoms with Crippen molar-refractivity contribution in [3.8, 4) is 11.5 Å². The summed E-state index contributed by atoms with van der Waals surface area (Å²) in [6.07, 6.45) is 0.771. The summed E-state index contributed by atoms with van der Waals surface area (Å²) in [4.78, 5) is 23.1. The van der Waals surface area contributed by atoms with Crippen LogP contribution in [0.15, 0.2) is 18.2 Å². The van der Waals surface area contributed by atoms with Crippen molar-refractivity contribution in [1.29, 1.82) is 0 Å². The number of aromatic nitrogens is 2. The first kappa shape index (κ1) is 15.2. The number of anilines is 2. The zero-order valence-corrected chi connectivity index (χ0v) is 13.1. The summed E-state index contributed by atoms with van der Waals surface area (Å²) < 4.78 is 10.7. The standard InChI is InChI=1S/C14H14N4O4S/c1-2-13-17-18-14(23-13)16-12(20)6-21-8-3-4-10-9(5-8)15-11(19)7-22-10/h3-5H,2,6-7H2,1H3,(H,15,19)(H,16,18,20). The number of carbonyl (C=O) groups is 2. The van der Waals surface area contributed by atoms with Crippen molar-refractivity contribution in [2.45, 2.75) is 13.3 Å². The van der Waals surface area contributed by atoms with Gasteiger partial charge in [0.2, 0.25) is 5.13 Å². The number of nitrogens with one attached hydrogen (secondary N) is 2. The molecule has 2 amide bonds. The Labute approximate surface area is 135 Å². The number of ether oxygens (including phenoxy) is 2. The van der Waals surface area contributed by atoms with Crippen LogP contribution in [0.2, 0.25) is 0 Å². The van der Waals surface area contributed by atoms with Gasteiger partial charge in [-0.15, -0.1) is 10.2 Å². The quantitative estimate of drug-likeness (QED) is 0.858. The predicted octanol–water partition coefficient (Wildman–Crippen LogP) is 1.45. The number of aryl methyl sites for hydroxylation is 1. The number of hydrogen-bond acceptors (Lipinski definition) is 7. The van der Waals surface area contributed by atoms with Crippen LogP contribution in [0.3, 0.4) is 0 Å². The Hall–Kier alpha value is -2.68. The summed E-state index contributed by atoms with van der Waals surface area (Å²) in [7, 11) is 0. The number of carbonyl (C=O) groups excluding carboxylic acids is 2. The van der Waals surface area contributed by atoms with Gasteiger partial charge in [0.1, 0.15) is 16.5 Å². The minimum absolute atomic E-state index is 0.00277. The van der Waals surface area contributed by atoms with Gasteiger partial charge in [-0.25, -0.2) is 0 Å². The summed E-state index contributed by atoms with van der Waals surface area (Å²) in [6, 6.07) is 4.96. The second-order valence-corrected chi connectivity index (χ2v) is 5.75. The molecule has 0 atom stereocenters. The van der Waals surface area contributed by atoms with E-state index in [-0.39, 0.29) is 25.0 Å². The van der Waals surface area contributed by atoms with Crippen LogP contribution < -0.4 is 20.1 Å². The van der Waals surface area contributed by atoms with Crippen molar-refractivity contribution < 1.29 is 19.1 Å². The van der Waals surface area contributed by atoms with E-state index in [1.165, 1.54) is 11.3 Å². The molecule has 1 aromatic carbocycles. The third-order valence-electron chi connectivity index (χ3n) is 2.97. The highest BCUT2D eigenvalue weighted by molar-refractivity contribution is 7.15. The normalized spacial score (nSPS) is 12.8. The van der Waals surface area contributed by atoms with Gasteiger partial charge in [-0.3, -0.25) is 14.9 Å². The van der Waals surface area contributed by atoms with E-state index in [2.05, 4.69) is 20.8 Å². The highest BCUT2D eigenvalue weighted by atomic mass is 32.1. The number of benzene rings is 1. The molecule has 8 nitrogen and oxygen atoms in total. The van der Waals surface area contributed by atoms with Crippen molar-refractivity contribution in [2.24, 2.45) is 0 Å². The molecule has 0 spiro atoms. The lowest BCUT2D eigenvalue weighted by atomic mass is 10.2. The highest BCUT2D eigenvalue weighted by Crippen LogP contribution is 2.31. The van der Waals surface area contributed by atoms with E-state index in [1.807, 2.05) is 6.92 Å². The summed E-state index contributed by atoms with van der Waals surface area (Å²) in [5.41, 5.74) is 0.524. The van der Waals surface area contributed by atoms with E-state index in [0.717, 1.165) is 11.4 Å². The van der Waals surface area contributed by atoms with Crippen molar-refractivity contribution in [3.63, 3.8) is 0 Å². The first-order valence-corrected chi connectivity index (χ1v) is 7.77. The Morgan fingerprint density at radius 2 is 2.35 bits per heavy atom. The van der Waals surface area contributed by atoms with Crippen LogP contribution in [-0.2, 0) is 16.0 Å². The summed E-state index contributed by atoms with van der Waals surface area (Å²) >= 11 is 1.33. The maximum atomic E-state index is 11.8. The Morgan fingerprint density at radius 3 is 3.13 bits per heavy atom. The first-order chi connectivity index (χ1) is 11.1. The average Bonchev–Trinajstić information content (AvgIpc) is 3.00. The van der Waals surface area contributed by atoms with Crippen LogP contribution in [0.25, 0.3) is 0 Å². The van der Waals surface area contributed by atoms with Crippen LogP contribution in [0.5, 0.6) is 11.5 Å². The zero-order valence-electron chi connectivity index (χ0n) is 12.3. The fourth-order valence-corrected chi connectivity index (χ4v) is 2.60. The molecule has 2 N–H and O–H groups in total. The molecule has 0 saturated carbocycles. The van der Waals surface area contributed by atoms with E-state index in [4.69, 9.17) is 9.47 Å². The largest absolute Gasteiger partial charge is 0.484 e. The predicted molar refractivity (Wildman–Crippen MR) is 84.0 cm³/mol. The fraction of sp³-hybridized carbons (Fsp3) is 0.286. The number of fused-ring (bicyclic) bond motifs is 1. The van der Waals surface area contributed by atoms with Crippen LogP contribution in [0.1, 0.15) is 11.9 Å². The van der Waals surface area contributed by atoms with Gasteiger partial charge in [-0.05, 0) is 18.6 Å². The van der Waals surface area contributed by atoms with Crippen molar-refractivity contribution in [3.05, 3.63) is 23.2 Å². The lowest BCUT2D eigenvalue weighted by molar-refractivity contribution is -0.119. The van der Waals surface area contributed by atoms with Gasteiger partial charge in [0, 0.05) is 6.07 Å². The molecular formula is C14H14N4O4S. The topological polar surface area (TPSA) is 102 Å². The van der Waals surface area contributed by atoms with Crippen molar-refractivity contribution in [2.75, 3.05) is 23.8 Å². The maximum Gasteiger partial charge on any atom is 0.264 e. The molecule has 1 aliphatic heterocycles. The van der Waals surface area contributed by atoms with Crippen LogP contribution in [-0.4, -0.2) is 35.2 Å². The Bertz CT molecular complexity index is 746. The number of hydrogen-bond donors (Lipinski definition) is 2. The van der Waals surface area contributed by atoms with E-state index >= 15 is 0 Å².